The van der Waals surface area contributed by atoms with E-state index >= 15 is 0 Å². The Bertz CT molecular complexity index is 596. The van der Waals surface area contributed by atoms with E-state index in [1.54, 1.807) is 47.6 Å². The van der Waals surface area contributed by atoms with Gasteiger partial charge in [-0.2, -0.15) is 9.78 Å². The van der Waals surface area contributed by atoms with Crippen LogP contribution in [0.15, 0.2) is 12.3 Å². The number of carbonyl (C=O) groups excluding carboxylic acids is 3. The van der Waals surface area contributed by atoms with Crippen LogP contribution in [0.3, 0.4) is 0 Å². The monoisotopic (exact) mass is 339 g/mol. The van der Waals surface area contributed by atoms with Gasteiger partial charge in [0, 0.05) is 12.6 Å². The number of ether oxygens (including phenoxy) is 2. The quantitative estimate of drug-likeness (QED) is 0.845. The first kappa shape index (κ1) is 19.7. The molecule has 1 aromatic rings. The van der Waals surface area contributed by atoms with Gasteiger partial charge in [-0.3, -0.25) is 0 Å². The predicted octanol–water partition coefficient (Wildman–Crippen LogP) is 2.30. The predicted molar refractivity (Wildman–Crippen MR) is 86.8 cm³/mol. The Labute approximate surface area is 141 Å². The molecule has 0 radical (unpaired) electrons. The van der Waals surface area contributed by atoms with Gasteiger partial charge in [0.05, 0.1) is 11.7 Å². The molecule has 0 fully saturated rings. The van der Waals surface area contributed by atoms with Crippen LogP contribution >= 0.6 is 0 Å². The molecule has 24 heavy (non-hydrogen) atoms. The Kier molecular flexibility index (Phi) is 6.11. The minimum Gasteiger partial charge on any atom is -0.444 e. The van der Waals surface area contributed by atoms with Crippen LogP contribution in [-0.2, 0) is 20.7 Å². The molecule has 0 bridgehead atoms. The standard InChI is InChI=1S/C16H25N3O5/c1-15(2,3)23-13(21)17-12(10-20)9-11-7-8-19(18-11)14(22)24-16(4,5)6/h7-8,10,12H,9H2,1-6H3,(H,17,21)/t12-/m0/s1. The van der Waals surface area contributed by atoms with Gasteiger partial charge in [0.15, 0.2) is 0 Å². The van der Waals surface area contributed by atoms with E-state index in [0.717, 1.165) is 4.68 Å². The van der Waals surface area contributed by atoms with E-state index in [4.69, 9.17) is 9.47 Å². The van der Waals surface area contributed by atoms with Crippen molar-refractivity contribution in [2.24, 2.45) is 0 Å². The third-order valence-electron chi connectivity index (χ3n) is 2.52. The van der Waals surface area contributed by atoms with E-state index in [1.807, 2.05) is 0 Å². The molecule has 8 nitrogen and oxygen atoms in total. The van der Waals surface area contributed by atoms with Crippen LogP contribution in [0.1, 0.15) is 47.2 Å². The van der Waals surface area contributed by atoms with Crippen LogP contribution in [-0.4, -0.2) is 45.5 Å². The summed E-state index contributed by atoms with van der Waals surface area (Å²) in [5.41, 5.74) is -0.822. The average Bonchev–Trinajstić information content (AvgIpc) is 2.82. The number of nitrogens with zero attached hydrogens (tertiary/aromatic N) is 2. The van der Waals surface area contributed by atoms with E-state index < -0.39 is 29.4 Å². The number of aromatic nitrogens is 2. The number of hydrogen-bond donors (Lipinski definition) is 1. The molecule has 0 saturated carbocycles. The molecule has 0 spiro atoms. The van der Waals surface area contributed by atoms with E-state index in [1.165, 1.54) is 6.20 Å². The van der Waals surface area contributed by atoms with E-state index in [0.29, 0.717) is 12.0 Å². The number of rotatable bonds is 4. The molecular weight excluding hydrogens is 314 g/mol. The van der Waals surface area contributed by atoms with E-state index in [-0.39, 0.29) is 6.42 Å². The van der Waals surface area contributed by atoms with Crippen molar-refractivity contribution in [3.05, 3.63) is 18.0 Å². The lowest BCUT2D eigenvalue weighted by atomic mass is 10.2. The lowest BCUT2D eigenvalue weighted by molar-refractivity contribution is -0.109. The van der Waals surface area contributed by atoms with Gasteiger partial charge in [0.2, 0.25) is 0 Å². The fourth-order valence-corrected chi connectivity index (χ4v) is 1.70. The molecule has 1 rings (SSSR count). The van der Waals surface area contributed by atoms with Gasteiger partial charge in [-0.15, -0.1) is 0 Å². The molecule has 1 atom stereocenters. The highest BCUT2D eigenvalue weighted by Gasteiger charge is 2.21. The minimum atomic E-state index is -0.804. The van der Waals surface area contributed by atoms with Crippen LogP contribution < -0.4 is 5.32 Å². The van der Waals surface area contributed by atoms with Gasteiger partial charge < -0.3 is 19.6 Å². The summed E-state index contributed by atoms with van der Waals surface area (Å²) in [6, 6.07) is 0.777. The van der Waals surface area contributed by atoms with Crippen molar-refractivity contribution in [2.75, 3.05) is 0 Å². The van der Waals surface area contributed by atoms with Crippen molar-refractivity contribution < 1.29 is 23.9 Å². The zero-order chi connectivity index (χ0) is 18.5. The van der Waals surface area contributed by atoms with Gasteiger partial charge in [0.25, 0.3) is 0 Å². The third-order valence-corrected chi connectivity index (χ3v) is 2.52. The maximum absolute atomic E-state index is 11.9. The largest absolute Gasteiger partial charge is 0.444 e. The highest BCUT2D eigenvalue weighted by Crippen LogP contribution is 2.10. The lowest BCUT2D eigenvalue weighted by Gasteiger charge is -2.21. The second-order valence-electron chi connectivity index (χ2n) is 7.32. The highest BCUT2D eigenvalue weighted by atomic mass is 16.6. The summed E-state index contributed by atoms with van der Waals surface area (Å²) in [6.45, 7) is 10.4. The van der Waals surface area contributed by atoms with Crippen LogP contribution in [0.25, 0.3) is 0 Å². The number of hydrogen-bond acceptors (Lipinski definition) is 6. The number of nitrogens with one attached hydrogen (secondary N) is 1. The topological polar surface area (TPSA) is 99.5 Å². The van der Waals surface area contributed by atoms with Crippen molar-refractivity contribution in [1.82, 2.24) is 15.1 Å². The van der Waals surface area contributed by atoms with Gasteiger partial charge >= 0.3 is 12.2 Å². The van der Waals surface area contributed by atoms with Crippen LogP contribution in [0, 0.1) is 0 Å². The fourth-order valence-electron chi connectivity index (χ4n) is 1.70. The maximum Gasteiger partial charge on any atom is 0.435 e. The molecule has 1 heterocycles. The van der Waals surface area contributed by atoms with Crippen LogP contribution in [0.4, 0.5) is 9.59 Å². The molecular formula is C16H25N3O5. The van der Waals surface area contributed by atoms with Crippen molar-refractivity contribution in [3.63, 3.8) is 0 Å². The van der Waals surface area contributed by atoms with Gasteiger partial charge in [-0.05, 0) is 47.6 Å². The molecule has 0 aliphatic rings. The summed E-state index contributed by atoms with van der Waals surface area (Å²) in [5, 5.41) is 6.51. The molecule has 134 valence electrons. The summed E-state index contributed by atoms with van der Waals surface area (Å²) in [6.07, 6.45) is 0.871. The highest BCUT2D eigenvalue weighted by molar-refractivity contribution is 5.73. The molecule has 0 aliphatic carbocycles. The Hall–Kier alpha value is -2.38. The normalized spacial score (nSPS) is 13.1. The van der Waals surface area contributed by atoms with Crippen LogP contribution in [0.5, 0.6) is 0 Å². The molecule has 0 aromatic carbocycles. The van der Waals surface area contributed by atoms with Crippen molar-refractivity contribution >= 4 is 18.5 Å². The van der Waals surface area contributed by atoms with Crippen LogP contribution in [0.2, 0.25) is 0 Å². The number of amides is 1. The third kappa shape index (κ3) is 7.26. The second-order valence-corrected chi connectivity index (χ2v) is 7.32. The smallest absolute Gasteiger partial charge is 0.435 e. The van der Waals surface area contributed by atoms with Crippen molar-refractivity contribution in [2.45, 2.75) is 65.2 Å². The average molecular weight is 339 g/mol. The summed E-state index contributed by atoms with van der Waals surface area (Å²) in [5.74, 6) is 0. The first-order chi connectivity index (χ1) is 10.9. The molecule has 1 amide bonds. The number of carbonyl (C=O) groups is 3. The summed E-state index contributed by atoms with van der Waals surface area (Å²) in [7, 11) is 0. The fraction of sp³-hybridized carbons (Fsp3) is 0.625. The summed E-state index contributed by atoms with van der Waals surface area (Å²) >= 11 is 0. The minimum absolute atomic E-state index is 0.137. The lowest BCUT2D eigenvalue weighted by Crippen LogP contribution is -2.41. The Balaban J connectivity index is 2.66. The number of alkyl carbamates (subject to hydrolysis) is 1. The first-order valence-electron chi connectivity index (χ1n) is 7.62. The summed E-state index contributed by atoms with van der Waals surface area (Å²) in [4.78, 5) is 34.7. The first-order valence-corrected chi connectivity index (χ1v) is 7.62. The van der Waals surface area contributed by atoms with Gasteiger partial charge in [-0.1, -0.05) is 0 Å². The Morgan fingerprint density at radius 3 is 2.29 bits per heavy atom. The van der Waals surface area contributed by atoms with Gasteiger partial charge in [0.1, 0.15) is 17.5 Å². The molecule has 8 heteroatoms. The Morgan fingerprint density at radius 2 is 1.79 bits per heavy atom. The zero-order valence-electron chi connectivity index (χ0n) is 15.0. The SMILES string of the molecule is CC(C)(C)OC(=O)N[C@H](C=O)Cc1ccn(C(=O)OC(C)(C)C)n1. The Morgan fingerprint density at radius 1 is 1.21 bits per heavy atom. The maximum atomic E-state index is 11.9. The molecule has 1 aromatic heterocycles. The molecule has 0 unspecified atom stereocenters. The summed E-state index contributed by atoms with van der Waals surface area (Å²) < 4.78 is 11.3. The van der Waals surface area contributed by atoms with E-state index in [9.17, 15) is 14.4 Å². The second kappa shape index (κ2) is 7.46. The molecule has 1 N–H and O–H groups in total. The van der Waals surface area contributed by atoms with Gasteiger partial charge in [-0.25, -0.2) is 9.59 Å². The van der Waals surface area contributed by atoms with Crippen molar-refractivity contribution in [1.29, 1.82) is 0 Å². The zero-order valence-corrected chi connectivity index (χ0v) is 15.0. The van der Waals surface area contributed by atoms with Crippen molar-refractivity contribution in [3.8, 4) is 0 Å². The number of aldehydes is 1. The molecule has 0 aliphatic heterocycles. The molecule has 0 saturated heterocycles. The van der Waals surface area contributed by atoms with E-state index in [2.05, 4.69) is 10.4 Å².